The summed E-state index contributed by atoms with van der Waals surface area (Å²) in [5.41, 5.74) is 3.13. The van der Waals surface area contributed by atoms with Gasteiger partial charge in [-0.25, -0.2) is 0 Å². The van der Waals surface area contributed by atoms with Crippen LogP contribution in [0.4, 0.5) is 0 Å². The van der Waals surface area contributed by atoms with Crippen LogP contribution in [0.15, 0.2) is 42.1 Å². The van der Waals surface area contributed by atoms with Crippen molar-refractivity contribution >= 4 is 24.8 Å². The van der Waals surface area contributed by atoms with Crippen molar-refractivity contribution in [1.82, 2.24) is 0 Å². The van der Waals surface area contributed by atoms with Crippen molar-refractivity contribution in [3.63, 3.8) is 0 Å². The predicted octanol–water partition coefficient (Wildman–Crippen LogP) is 5.55. The van der Waals surface area contributed by atoms with E-state index in [9.17, 15) is 0 Å². The maximum absolute atomic E-state index is 2.59. The summed E-state index contributed by atoms with van der Waals surface area (Å²) in [7, 11) is 0. The molecule has 0 atom stereocenters. The Morgan fingerprint density at radius 3 is 1.41 bits per heavy atom. The van der Waals surface area contributed by atoms with E-state index < -0.39 is 20.0 Å². The first-order valence-corrected chi connectivity index (χ1v) is 16.5. The van der Waals surface area contributed by atoms with Gasteiger partial charge in [0.25, 0.3) is 0 Å². The summed E-state index contributed by atoms with van der Waals surface area (Å²) in [4.78, 5) is 0. The molecule has 2 rings (SSSR count). The molecule has 0 aliphatic heterocycles. The van der Waals surface area contributed by atoms with Gasteiger partial charge in [-0.1, -0.05) is 0 Å². The third-order valence-corrected chi connectivity index (χ3v) is 19.0. The normalized spacial score (nSPS) is 18.6. The van der Waals surface area contributed by atoms with E-state index in [1.165, 1.54) is 12.8 Å². The van der Waals surface area contributed by atoms with E-state index in [0.29, 0.717) is 0 Å². The van der Waals surface area contributed by atoms with Crippen LogP contribution in [0.3, 0.4) is 0 Å². The van der Waals surface area contributed by atoms with E-state index >= 15 is 0 Å². The molecule has 17 heavy (non-hydrogen) atoms. The Hall–Kier alpha value is 0.410. The summed E-state index contributed by atoms with van der Waals surface area (Å²) < 4.78 is 8.82. The fourth-order valence-corrected chi connectivity index (χ4v) is 16.4. The van der Waals surface area contributed by atoms with Crippen LogP contribution in [0.1, 0.15) is 26.7 Å². The average Bonchev–Trinajstić information content (AvgIpc) is 2.73. The van der Waals surface area contributed by atoms with E-state index in [1.54, 1.807) is 11.1 Å². The molecular formula is C14H22Cl2Hf. The van der Waals surface area contributed by atoms with E-state index in [0.717, 1.165) is 0 Å². The first kappa shape index (κ1) is 17.4. The van der Waals surface area contributed by atoms with Crippen molar-refractivity contribution in [2.45, 2.75) is 36.0 Å². The molecule has 0 aromatic heterocycles. The number of allylic oxidation sites excluding steroid dienone is 8. The van der Waals surface area contributed by atoms with Crippen LogP contribution < -0.4 is 0 Å². The SMILES string of the molecule is CC1=[C]([Hf]([CH3])([CH3])[C]2=C(C)C=CC2)CC=C1.Cl.Cl. The minimum atomic E-state index is -2.27. The van der Waals surface area contributed by atoms with E-state index in [1.807, 2.05) is 6.66 Å². The summed E-state index contributed by atoms with van der Waals surface area (Å²) >= 11 is -2.27. The summed E-state index contributed by atoms with van der Waals surface area (Å²) in [6.07, 6.45) is 11.8. The average molecular weight is 440 g/mol. The number of hydrogen-bond donors (Lipinski definition) is 0. The number of hydrogen-bond acceptors (Lipinski definition) is 0. The second-order valence-electron chi connectivity index (χ2n) is 5.16. The van der Waals surface area contributed by atoms with Gasteiger partial charge in [0, 0.05) is 0 Å². The molecule has 0 spiro atoms. The predicted molar refractivity (Wildman–Crippen MR) is 79.1 cm³/mol. The molecule has 2 aliphatic rings. The maximum Gasteiger partial charge on any atom is -0.147 e. The zero-order chi connectivity index (χ0) is 11.1. The van der Waals surface area contributed by atoms with Gasteiger partial charge < -0.3 is 0 Å². The van der Waals surface area contributed by atoms with Crippen molar-refractivity contribution in [2.75, 3.05) is 0 Å². The Kier molecular flexibility index (Phi) is 6.70. The topological polar surface area (TPSA) is 0 Å². The summed E-state index contributed by atoms with van der Waals surface area (Å²) in [6.45, 7) is 4.58. The van der Waals surface area contributed by atoms with Gasteiger partial charge in [0.05, 0.1) is 0 Å². The fraction of sp³-hybridized carbons (Fsp3) is 0.429. The number of halogens is 2. The standard InChI is InChI=1S/2C6H7.2CH3.2ClH.Hf/c2*1-6-4-2-3-5-6;;;;;/h2*2,4H,3H2,1H3;2*1H3;2*1H;. The summed E-state index contributed by atoms with van der Waals surface area (Å²) in [5, 5.41) is 0. The van der Waals surface area contributed by atoms with Crippen LogP contribution >= 0.6 is 24.8 Å². The van der Waals surface area contributed by atoms with Crippen molar-refractivity contribution in [2.24, 2.45) is 0 Å². The molecule has 0 bridgehead atoms. The van der Waals surface area contributed by atoms with Gasteiger partial charge in [-0.2, -0.15) is 0 Å². The summed E-state index contributed by atoms with van der Waals surface area (Å²) in [6, 6.07) is 0. The van der Waals surface area contributed by atoms with Gasteiger partial charge in [0.15, 0.2) is 0 Å². The third-order valence-electron chi connectivity index (χ3n) is 3.84. The Bertz CT molecular complexity index is 374. The molecule has 0 saturated carbocycles. The molecule has 0 nitrogen and oxygen atoms in total. The van der Waals surface area contributed by atoms with E-state index in [-0.39, 0.29) is 24.8 Å². The Labute approximate surface area is 122 Å². The van der Waals surface area contributed by atoms with Gasteiger partial charge in [0.2, 0.25) is 0 Å². The zero-order valence-electron chi connectivity index (χ0n) is 11.0. The molecule has 3 heteroatoms. The van der Waals surface area contributed by atoms with Crippen LogP contribution in [0.25, 0.3) is 0 Å². The van der Waals surface area contributed by atoms with E-state index in [2.05, 4.69) is 47.5 Å². The van der Waals surface area contributed by atoms with Crippen LogP contribution in [-0.2, 0) is 20.0 Å². The van der Waals surface area contributed by atoms with Crippen molar-refractivity contribution in [3.05, 3.63) is 42.1 Å². The van der Waals surface area contributed by atoms with Crippen LogP contribution in [0, 0.1) is 0 Å². The second-order valence-corrected chi connectivity index (χ2v) is 21.2. The molecule has 0 radical (unpaired) electrons. The molecule has 0 N–H and O–H groups in total. The maximum atomic E-state index is 2.59. The zero-order valence-corrected chi connectivity index (χ0v) is 16.3. The third kappa shape index (κ3) is 3.24. The van der Waals surface area contributed by atoms with Gasteiger partial charge >= 0.3 is 98.1 Å². The quantitative estimate of drug-likeness (QED) is 0.495. The van der Waals surface area contributed by atoms with Gasteiger partial charge in [0.1, 0.15) is 0 Å². The first-order chi connectivity index (χ1) is 7.03. The molecule has 0 amide bonds. The van der Waals surface area contributed by atoms with Gasteiger partial charge in [-0.05, 0) is 0 Å². The first-order valence-electron chi connectivity index (χ1n) is 5.77. The largest absolute Gasteiger partial charge is 0.147 e. The van der Waals surface area contributed by atoms with Gasteiger partial charge in [-0.15, -0.1) is 24.8 Å². The Morgan fingerprint density at radius 2 is 1.18 bits per heavy atom. The van der Waals surface area contributed by atoms with Crippen molar-refractivity contribution < 1.29 is 20.0 Å². The molecule has 96 valence electrons. The second kappa shape index (κ2) is 6.54. The van der Waals surface area contributed by atoms with E-state index in [4.69, 9.17) is 0 Å². The minimum absolute atomic E-state index is 0. The molecule has 2 aliphatic carbocycles. The summed E-state index contributed by atoms with van der Waals surface area (Å²) in [5.74, 6) is 0. The molecule has 0 saturated heterocycles. The molecule has 0 fully saturated rings. The van der Waals surface area contributed by atoms with Crippen LogP contribution in [0.5, 0.6) is 0 Å². The molecule has 0 aromatic rings. The fourth-order valence-electron chi connectivity index (χ4n) is 2.91. The molecule has 0 aromatic carbocycles. The Morgan fingerprint density at radius 1 is 0.824 bits per heavy atom. The Balaban J connectivity index is 0.00000128. The smallest absolute Gasteiger partial charge is 0.147 e. The van der Waals surface area contributed by atoms with Crippen molar-refractivity contribution in [3.8, 4) is 0 Å². The van der Waals surface area contributed by atoms with Crippen LogP contribution in [-0.4, -0.2) is 0 Å². The van der Waals surface area contributed by atoms with Crippen molar-refractivity contribution in [1.29, 1.82) is 0 Å². The number of rotatable bonds is 2. The molecule has 0 heterocycles. The molecule has 0 unspecified atom stereocenters. The van der Waals surface area contributed by atoms with Crippen LogP contribution in [0.2, 0.25) is 9.36 Å². The molecular weight excluding hydrogens is 418 g/mol. The van der Waals surface area contributed by atoms with Gasteiger partial charge in [-0.3, -0.25) is 0 Å². The minimum Gasteiger partial charge on any atom is -0.147 e. The monoisotopic (exact) mass is 440 g/mol.